The lowest BCUT2D eigenvalue weighted by Crippen LogP contribution is -2.14. The number of azide groups is 1. The lowest BCUT2D eigenvalue weighted by atomic mass is 9.95. The molecule has 0 atom stereocenters. The van der Waals surface area contributed by atoms with Crippen LogP contribution >= 0.6 is 11.6 Å². The molecule has 1 aromatic carbocycles. The molecule has 0 bridgehead atoms. The highest BCUT2D eigenvalue weighted by Crippen LogP contribution is 2.30. The van der Waals surface area contributed by atoms with Crippen molar-refractivity contribution in [3.63, 3.8) is 0 Å². The van der Waals surface area contributed by atoms with E-state index >= 15 is 0 Å². The smallest absolute Gasteiger partial charge is 0.145 e. The Labute approximate surface area is 86.1 Å². The average molecular weight is 214 g/mol. The highest BCUT2D eigenvalue weighted by molar-refractivity contribution is 6.30. The Kier molecular flexibility index (Phi) is 2.99. The summed E-state index contributed by atoms with van der Waals surface area (Å²) in [6.07, 6.45) is 0. The van der Waals surface area contributed by atoms with Crippen molar-refractivity contribution in [2.24, 2.45) is 5.11 Å². The maximum atomic E-state index is 13.5. The molecule has 3 nitrogen and oxygen atoms in total. The van der Waals surface area contributed by atoms with Crippen molar-refractivity contribution in [2.75, 3.05) is 0 Å². The summed E-state index contributed by atoms with van der Waals surface area (Å²) in [6, 6.07) is 4.62. The van der Waals surface area contributed by atoms with Crippen LogP contribution in [0.2, 0.25) is 5.02 Å². The van der Waals surface area contributed by atoms with Gasteiger partial charge in [0.15, 0.2) is 0 Å². The SMILES string of the molecule is CC(C)(N=[N+]=[N-])c1cccc(Cl)c1F. The molecule has 0 spiro atoms. The van der Waals surface area contributed by atoms with E-state index in [2.05, 4.69) is 10.0 Å². The standard InChI is InChI=1S/C9H9ClFN3/c1-9(2,13-14-12)6-4-3-5-7(10)8(6)11/h3-5H,1-2H3. The lowest BCUT2D eigenvalue weighted by Gasteiger charge is -2.19. The molecule has 0 aliphatic heterocycles. The van der Waals surface area contributed by atoms with E-state index in [-0.39, 0.29) is 5.02 Å². The molecular formula is C9H9ClFN3. The van der Waals surface area contributed by atoms with Gasteiger partial charge >= 0.3 is 0 Å². The minimum atomic E-state index is -0.927. The molecule has 0 fully saturated rings. The quantitative estimate of drug-likeness (QED) is 0.405. The zero-order valence-electron chi connectivity index (χ0n) is 7.83. The molecule has 0 N–H and O–H groups in total. The largest absolute Gasteiger partial charge is 0.205 e. The summed E-state index contributed by atoms with van der Waals surface area (Å²) in [5.41, 5.74) is 7.69. The third kappa shape index (κ3) is 1.97. The van der Waals surface area contributed by atoms with Crippen molar-refractivity contribution < 1.29 is 4.39 Å². The van der Waals surface area contributed by atoms with Gasteiger partial charge in [-0.15, -0.1) is 0 Å². The van der Waals surface area contributed by atoms with E-state index in [4.69, 9.17) is 17.1 Å². The molecule has 0 radical (unpaired) electrons. The van der Waals surface area contributed by atoms with Crippen LogP contribution in [0, 0.1) is 5.82 Å². The van der Waals surface area contributed by atoms with E-state index in [1.54, 1.807) is 26.0 Å². The Hall–Kier alpha value is -1.25. The van der Waals surface area contributed by atoms with Gasteiger partial charge in [-0.05, 0) is 11.6 Å². The van der Waals surface area contributed by atoms with Gasteiger partial charge in [-0.3, -0.25) is 0 Å². The van der Waals surface area contributed by atoms with Crippen molar-refractivity contribution in [2.45, 2.75) is 19.4 Å². The number of nitrogens with zero attached hydrogens (tertiary/aromatic N) is 3. The summed E-state index contributed by atoms with van der Waals surface area (Å²) in [5, 5.41) is 3.54. The van der Waals surface area contributed by atoms with Crippen molar-refractivity contribution in [3.05, 3.63) is 45.0 Å². The predicted octanol–water partition coefficient (Wildman–Crippen LogP) is 4.02. The zero-order valence-corrected chi connectivity index (χ0v) is 8.59. The van der Waals surface area contributed by atoms with Gasteiger partial charge in [0.25, 0.3) is 0 Å². The number of rotatable bonds is 2. The normalized spacial score (nSPS) is 10.9. The van der Waals surface area contributed by atoms with Gasteiger partial charge in [-0.25, -0.2) is 4.39 Å². The van der Waals surface area contributed by atoms with E-state index in [0.717, 1.165) is 0 Å². The molecule has 0 aromatic heterocycles. The Balaban J connectivity index is 3.32. The molecular weight excluding hydrogens is 205 g/mol. The number of hydrogen-bond acceptors (Lipinski definition) is 1. The number of hydrogen-bond donors (Lipinski definition) is 0. The van der Waals surface area contributed by atoms with E-state index in [1.165, 1.54) is 6.07 Å². The topological polar surface area (TPSA) is 48.8 Å². The Bertz CT molecular complexity index is 397. The van der Waals surface area contributed by atoms with Crippen LogP contribution in [0.1, 0.15) is 19.4 Å². The second-order valence-corrected chi connectivity index (χ2v) is 3.76. The molecule has 1 rings (SSSR count). The van der Waals surface area contributed by atoms with Crippen LogP contribution in [0.25, 0.3) is 10.4 Å². The summed E-state index contributed by atoms with van der Waals surface area (Å²) >= 11 is 5.61. The van der Waals surface area contributed by atoms with E-state index in [0.29, 0.717) is 5.56 Å². The fraction of sp³-hybridized carbons (Fsp3) is 0.333. The first-order valence-corrected chi connectivity index (χ1v) is 4.37. The Morgan fingerprint density at radius 3 is 2.71 bits per heavy atom. The van der Waals surface area contributed by atoms with Crippen LogP contribution in [0.15, 0.2) is 23.3 Å². The first kappa shape index (κ1) is 10.8. The highest BCUT2D eigenvalue weighted by atomic mass is 35.5. The van der Waals surface area contributed by atoms with E-state index in [9.17, 15) is 4.39 Å². The van der Waals surface area contributed by atoms with Crippen LogP contribution in [0.3, 0.4) is 0 Å². The van der Waals surface area contributed by atoms with Crippen molar-refractivity contribution in [1.82, 2.24) is 0 Å². The third-order valence-electron chi connectivity index (χ3n) is 1.91. The van der Waals surface area contributed by atoms with E-state index < -0.39 is 11.4 Å². The molecule has 1 aromatic rings. The Morgan fingerprint density at radius 2 is 2.14 bits per heavy atom. The molecule has 0 aliphatic rings. The van der Waals surface area contributed by atoms with Gasteiger partial charge in [-0.1, -0.05) is 42.7 Å². The highest BCUT2D eigenvalue weighted by Gasteiger charge is 2.23. The van der Waals surface area contributed by atoms with Gasteiger partial charge in [-0.2, -0.15) is 0 Å². The van der Waals surface area contributed by atoms with Crippen molar-refractivity contribution in [3.8, 4) is 0 Å². The molecule has 0 amide bonds. The van der Waals surface area contributed by atoms with E-state index in [1.807, 2.05) is 0 Å². The predicted molar refractivity (Wildman–Crippen MR) is 53.6 cm³/mol. The molecule has 0 unspecified atom stereocenters. The summed E-state index contributed by atoms with van der Waals surface area (Å²) in [6.45, 7) is 3.25. The van der Waals surface area contributed by atoms with Gasteiger partial charge in [0, 0.05) is 10.5 Å². The fourth-order valence-corrected chi connectivity index (χ4v) is 1.32. The van der Waals surface area contributed by atoms with Crippen LogP contribution in [-0.4, -0.2) is 0 Å². The van der Waals surface area contributed by atoms with Crippen LogP contribution in [0.4, 0.5) is 4.39 Å². The number of halogens is 2. The van der Waals surface area contributed by atoms with Crippen LogP contribution < -0.4 is 0 Å². The monoisotopic (exact) mass is 213 g/mol. The fourth-order valence-electron chi connectivity index (χ4n) is 1.14. The summed E-state index contributed by atoms with van der Waals surface area (Å²) in [7, 11) is 0. The third-order valence-corrected chi connectivity index (χ3v) is 2.20. The molecule has 14 heavy (non-hydrogen) atoms. The second-order valence-electron chi connectivity index (χ2n) is 3.35. The van der Waals surface area contributed by atoms with Crippen LogP contribution in [-0.2, 0) is 5.54 Å². The summed E-state index contributed by atoms with van der Waals surface area (Å²) in [4.78, 5) is 2.67. The lowest BCUT2D eigenvalue weighted by molar-refractivity contribution is 0.499. The van der Waals surface area contributed by atoms with Gasteiger partial charge in [0.05, 0.1) is 10.6 Å². The minimum absolute atomic E-state index is 0.0312. The molecule has 74 valence electrons. The number of benzene rings is 1. The first-order chi connectivity index (χ1) is 6.49. The van der Waals surface area contributed by atoms with Crippen molar-refractivity contribution in [1.29, 1.82) is 0 Å². The summed E-state index contributed by atoms with van der Waals surface area (Å²) < 4.78 is 13.5. The molecule has 0 heterocycles. The molecule has 0 saturated carbocycles. The first-order valence-electron chi connectivity index (χ1n) is 4.00. The minimum Gasteiger partial charge on any atom is -0.205 e. The van der Waals surface area contributed by atoms with Gasteiger partial charge in [0.2, 0.25) is 0 Å². The van der Waals surface area contributed by atoms with Crippen molar-refractivity contribution >= 4 is 11.6 Å². The average Bonchev–Trinajstić information content (AvgIpc) is 2.09. The van der Waals surface area contributed by atoms with Gasteiger partial charge in [0.1, 0.15) is 5.82 Å². The molecule has 5 heteroatoms. The Morgan fingerprint density at radius 1 is 1.50 bits per heavy atom. The maximum absolute atomic E-state index is 13.5. The molecule has 0 saturated heterocycles. The van der Waals surface area contributed by atoms with Crippen LogP contribution in [0.5, 0.6) is 0 Å². The maximum Gasteiger partial charge on any atom is 0.145 e. The summed E-state index contributed by atoms with van der Waals surface area (Å²) in [5.74, 6) is -0.536. The molecule has 0 aliphatic carbocycles. The van der Waals surface area contributed by atoms with Gasteiger partial charge < -0.3 is 0 Å². The zero-order chi connectivity index (χ0) is 10.8. The second kappa shape index (κ2) is 3.86.